The lowest BCUT2D eigenvalue weighted by Gasteiger charge is -2.19. The van der Waals surface area contributed by atoms with E-state index in [9.17, 15) is 13.2 Å². The van der Waals surface area contributed by atoms with Crippen molar-refractivity contribution in [3.8, 4) is 5.75 Å². The van der Waals surface area contributed by atoms with Gasteiger partial charge in [-0.3, -0.25) is 4.79 Å². The topological polar surface area (TPSA) is 97.6 Å². The van der Waals surface area contributed by atoms with Gasteiger partial charge in [-0.05, 0) is 37.3 Å². The summed E-state index contributed by atoms with van der Waals surface area (Å²) in [6, 6.07) is 13.0. The summed E-state index contributed by atoms with van der Waals surface area (Å²) >= 11 is 0. The van der Waals surface area contributed by atoms with E-state index in [1.807, 2.05) is 30.3 Å². The summed E-state index contributed by atoms with van der Waals surface area (Å²) in [5, 5.41) is 3.51. The normalized spacial score (nSPS) is 15.2. The quantitative estimate of drug-likeness (QED) is 0.734. The number of fused-ring (bicyclic) bond motifs is 2. The maximum atomic E-state index is 12.7. The Hall–Kier alpha value is -2.84. The summed E-state index contributed by atoms with van der Waals surface area (Å²) in [7, 11) is -3.81. The zero-order chi connectivity index (χ0) is 18.3. The Kier molecular flexibility index (Phi) is 3.93. The third kappa shape index (κ3) is 3.04. The predicted molar refractivity (Wildman–Crippen MR) is 95.5 cm³/mol. The van der Waals surface area contributed by atoms with Crippen LogP contribution in [-0.2, 0) is 14.8 Å². The molecule has 0 spiro atoms. The van der Waals surface area contributed by atoms with Crippen molar-refractivity contribution < 1.29 is 22.4 Å². The summed E-state index contributed by atoms with van der Waals surface area (Å²) in [5.74, 6) is 0.633. The zero-order valence-corrected chi connectivity index (χ0v) is 14.7. The van der Waals surface area contributed by atoms with E-state index in [0.29, 0.717) is 22.8 Å². The van der Waals surface area contributed by atoms with Gasteiger partial charge < -0.3 is 14.5 Å². The number of amides is 1. The molecule has 1 aliphatic heterocycles. The fourth-order valence-electron chi connectivity index (χ4n) is 2.80. The second-order valence-electron chi connectivity index (χ2n) is 6.02. The first kappa shape index (κ1) is 16.6. The monoisotopic (exact) mass is 372 g/mol. The molecule has 2 aromatic carbocycles. The lowest BCUT2D eigenvalue weighted by molar-refractivity contribution is -0.118. The number of anilines is 1. The van der Waals surface area contributed by atoms with Crippen LogP contribution >= 0.6 is 0 Å². The van der Waals surface area contributed by atoms with Crippen LogP contribution in [-0.4, -0.2) is 20.9 Å². The van der Waals surface area contributed by atoms with Crippen LogP contribution in [0, 0.1) is 0 Å². The Morgan fingerprint density at radius 3 is 2.77 bits per heavy atom. The van der Waals surface area contributed by atoms with Crippen LogP contribution in [0.25, 0.3) is 11.0 Å². The van der Waals surface area contributed by atoms with E-state index in [1.165, 1.54) is 18.2 Å². The number of furan rings is 1. The van der Waals surface area contributed by atoms with Gasteiger partial charge in [-0.2, -0.15) is 0 Å². The SMILES string of the molecule is C[C@@H](NS(=O)(=O)c1ccc2c(c1)NC(=O)CO2)c1cc2ccccc2o1. The number of hydrogen-bond donors (Lipinski definition) is 2. The van der Waals surface area contributed by atoms with Gasteiger partial charge in [0, 0.05) is 5.39 Å². The first-order valence-corrected chi connectivity index (χ1v) is 9.48. The molecule has 2 N–H and O–H groups in total. The van der Waals surface area contributed by atoms with E-state index in [4.69, 9.17) is 9.15 Å². The zero-order valence-electron chi connectivity index (χ0n) is 13.9. The smallest absolute Gasteiger partial charge is 0.262 e. The van der Waals surface area contributed by atoms with Crippen molar-refractivity contribution in [3.63, 3.8) is 0 Å². The Labute approximate surface area is 150 Å². The van der Waals surface area contributed by atoms with Crippen LogP contribution in [0.4, 0.5) is 5.69 Å². The molecule has 1 amide bonds. The number of sulfonamides is 1. The second-order valence-corrected chi connectivity index (χ2v) is 7.74. The van der Waals surface area contributed by atoms with Gasteiger partial charge in [-0.1, -0.05) is 18.2 Å². The van der Waals surface area contributed by atoms with Crippen molar-refractivity contribution >= 4 is 32.6 Å². The molecule has 0 fully saturated rings. The highest BCUT2D eigenvalue weighted by Gasteiger charge is 2.24. The molecule has 134 valence electrons. The highest BCUT2D eigenvalue weighted by atomic mass is 32.2. The van der Waals surface area contributed by atoms with Gasteiger partial charge in [0.15, 0.2) is 6.61 Å². The molecule has 0 saturated carbocycles. The van der Waals surface area contributed by atoms with Crippen molar-refractivity contribution in [2.75, 3.05) is 11.9 Å². The van der Waals surface area contributed by atoms with Crippen molar-refractivity contribution in [2.45, 2.75) is 17.9 Å². The number of hydrogen-bond acceptors (Lipinski definition) is 5. The maximum Gasteiger partial charge on any atom is 0.262 e. The number of carbonyl (C=O) groups excluding carboxylic acids is 1. The van der Waals surface area contributed by atoms with Crippen molar-refractivity contribution in [1.29, 1.82) is 0 Å². The molecule has 26 heavy (non-hydrogen) atoms. The fraction of sp³-hybridized carbons (Fsp3) is 0.167. The number of para-hydroxylation sites is 1. The minimum Gasteiger partial charge on any atom is -0.482 e. The standard InChI is InChI=1S/C18H16N2O5S/c1-11(17-8-12-4-2-3-5-15(12)25-17)20-26(22,23)13-6-7-16-14(9-13)19-18(21)10-24-16/h2-9,11,20H,10H2,1H3,(H,19,21)/t11-/m1/s1. The van der Waals surface area contributed by atoms with E-state index in [0.717, 1.165) is 5.39 Å². The van der Waals surface area contributed by atoms with Crippen LogP contribution in [0.15, 0.2) is 57.8 Å². The fourth-order valence-corrected chi connectivity index (χ4v) is 4.04. The summed E-state index contributed by atoms with van der Waals surface area (Å²) in [5.41, 5.74) is 1.03. The van der Waals surface area contributed by atoms with Gasteiger partial charge in [0.25, 0.3) is 5.91 Å². The van der Waals surface area contributed by atoms with Gasteiger partial charge in [0.1, 0.15) is 17.1 Å². The molecule has 0 unspecified atom stereocenters. The first-order chi connectivity index (χ1) is 12.4. The molecule has 2 heterocycles. The number of nitrogens with one attached hydrogen (secondary N) is 2. The Morgan fingerprint density at radius 2 is 1.96 bits per heavy atom. The molecule has 1 aliphatic rings. The largest absolute Gasteiger partial charge is 0.482 e. The van der Waals surface area contributed by atoms with E-state index in [-0.39, 0.29) is 17.4 Å². The molecular formula is C18H16N2O5S. The molecular weight excluding hydrogens is 356 g/mol. The minimum absolute atomic E-state index is 0.0324. The predicted octanol–water partition coefficient (Wildman–Crippen LogP) is 2.80. The summed E-state index contributed by atoms with van der Waals surface area (Å²) in [6.45, 7) is 1.62. The lowest BCUT2D eigenvalue weighted by Crippen LogP contribution is -2.28. The minimum atomic E-state index is -3.81. The third-order valence-corrected chi connectivity index (χ3v) is 5.64. The third-order valence-electron chi connectivity index (χ3n) is 4.10. The Balaban J connectivity index is 1.60. The lowest BCUT2D eigenvalue weighted by atomic mass is 10.2. The van der Waals surface area contributed by atoms with Gasteiger partial charge in [-0.25, -0.2) is 13.1 Å². The van der Waals surface area contributed by atoms with Gasteiger partial charge in [0.2, 0.25) is 10.0 Å². The highest BCUT2D eigenvalue weighted by molar-refractivity contribution is 7.89. The molecule has 1 aromatic heterocycles. The van der Waals surface area contributed by atoms with Gasteiger partial charge in [0.05, 0.1) is 16.6 Å². The summed E-state index contributed by atoms with van der Waals surface area (Å²) in [4.78, 5) is 11.5. The second kappa shape index (κ2) is 6.15. The van der Waals surface area contributed by atoms with Crippen LogP contribution in [0.1, 0.15) is 18.7 Å². The molecule has 0 bridgehead atoms. The molecule has 3 aromatic rings. The van der Waals surface area contributed by atoms with Crippen LogP contribution in [0.2, 0.25) is 0 Å². The first-order valence-electron chi connectivity index (χ1n) is 8.00. The van der Waals surface area contributed by atoms with E-state index in [2.05, 4.69) is 10.0 Å². The van der Waals surface area contributed by atoms with Crippen molar-refractivity contribution in [3.05, 3.63) is 54.3 Å². The van der Waals surface area contributed by atoms with Gasteiger partial charge >= 0.3 is 0 Å². The molecule has 1 atom stereocenters. The highest BCUT2D eigenvalue weighted by Crippen LogP contribution is 2.31. The molecule has 0 radical (unpaired) electrons. The van der Waals surface area contributed by atoms with Crippen molar-refractivity contribution in [1.82, 2.24) is 4.72 Å². The van der Waals surface area contributed by atoms with E-state index in [1.54, 1.807) is 6.92 Å². The Bertz CT molecular complexity index is 1070. The number of carbonyl (C=O) groups is 1. The number of benzene rings is 2. The van der Waals surface area contributed by atoms with E-state index < -0.39 is 16.1 Å². The van der Waals surface area contributed by atoms with Crippen LogP contribution in [0.5, 0.6) is 5.75 Å². The average molecular weight is 372 g/mol. The summed E-state index contributed by atoms with van der Waals surface area (Å²) < 4.78 is 38.9. The van der Waals surface area contributed by atoms with Crippen LogP contribution < -0.4 is 14.8 Å². The van der Waals surface area contributed by atoms with Gasteiger partial charge in [-0.15, -0.1) is 0 Å². The number of rotatable bonds is 4. The van der Waals surface area contributed by atoms with Crippen molar-refractivity contribution in [2.24, 2.45) is 0 Å². The average Bonchev–Trinajstić information content (AvgIpc) is 3.05. The Morgan fingerprint density at radius 1 is 1.15 bits per heavy atom. The molecule has 4 rings (SSSR count). The molecule has 0 aliphatic carbocycles. The molecule has 0 saturated heterocycles. The molecule has 7 nitrogen and oxygen atoms in total. The van der Waals surface area contributed by atoms with E-state index >= 15 is 0 Å². The summed E-state index contributed by atoms with van der Waals surface area (Å²) in [6.07, 6.45) is 0. The maximum absolute atomic E-state index is 12.7. The van der Waals surface area contributed by atoms with Crippen LogP contribution in [0.3, 0.4) is 0 Å². The molecule has 8 heteroatoms. The number of ether oxygens (including phenoxy) is 1.